The van der Waals surface area contributed by atoms with Gasteiger partial charge in [-0.25, -0.2) is 8.42 Å². The molecule has 1 rings (SSSR count). The molecule has 0 aromatic carbocycles. The second-order valence-electron chi connectivity index (χ2n) is 5.23. The minimum absolute atomic E-state index is 0.0309. The Morgan fingerprint density at radius 3 is 2.50 bits per heavy atom. The molecule has 0 saturated heterocycles. The van der Waals surface area contributed by atoms with Crippen LogP contribution in [0.1, 0.15) is 44.1 Å². The lowest BCUT2D eigenvalue weighted by atomic mass is 10.0. The van der Waals surface area contributed by atoms with Crippen LogP contribution >= 0.6 is 10.7 Å². The summed E-state index contributed by atoms with van der Waals surface area (Å²) >= 11 is 0. The summed E-state index contributed by atoms with van der Waals surface area (Å²) in [6, 6.07) is 1.32. The quantitative estimate of drug-likeness (QED) is 0.819. The monoisotopic (exact) mass is 320 g/mol. The van der Waals surface area contributed by atoms with Gasteiger partial charge in [0.2, 0.25) is 0 Å². The summed E-state index contributed by atoms with van der Waals surface area (Å²) in [6.45, 7) is 6.17. The maximum absolute atomic E-state index is 12.1. The van der Waals surface area contributed by atoms with Crippen molar-refractivity contribution < 1.29 is 13.2 Å². The highest BCUT2D eigenvalue weighted by Crippen LogP contribution is 2.18. The number of amides is 1. The molecule has 1 aromatic rings. The number of rotatable bonds is 6. The second kappa shape index (κ2) is 6.63. The first kappa shape index (κ1) is 17.0. The van der Waals surface area contributed by atoms with Gasteiger partial charge in [-0.3, -0.25) is 4.79 Å². The van der Waals surface area contributed by atoms with Gasteiger partial charge in [-0.1, -0.05) is 20.3 Å². The Balaban J connectivity index is 2.81. The summed E-state index contributed by atoms with van der Waals surface area (Å²) in [5, 5.41) is 2.87. The molecular formula is C13H21ClN2O3S. The van der Waals surface area contributed by atoms with Crippen molar-refractivity contribution in [3.05, 3.63) is 18.0 Å². The number of aromatic nitrogens is 1. The third-order valence-electron chi connectivity index (χ3n) is 3.32. The number of hydrogen-bond acceptors (Lipinski definition) is 3. The third kappa shape index (κ3) is 4.52. The van der Waals surface area contributed by atoms with Crippen molar-refractivity contribution in [2.45, 2.75) is 44.6 Å². The van der Waals surface area contributed by atoms with Crippen molar-refractivity contribution in [3.8, 4) is 0 Å². The van der Waals surface area contributed by atoms with Gasteiger partial charge in [0.15, 0.2) is 0 Å². The van der Waals surface area contributed by atoms with Crippen LogP contribution in [-0.4, -0.2) is 24.9 Å². The van der Waals surface area contributed by atoms with E-state index in [0.717, 1.165) is 12.8 Å². The van der Waals surface area contributed by atoms with Crippen molar-refractivity contribution in [3.63, 3.8) is 0 Å². The van der Waals surface area contributed by atoms with E-state index in [9.17, 15) is 13.2 Å². The highest BCUT2D eigenvalue weighted by Gasteiger charge is 2.19. The summed E-state index contributed by atoms with van der Waals surface area (Å²) in [7, 11) is 3.06. The van der Waals surface area contributed by atoms with Crippen LogP contribution in [0.15, 0.2) is 17.2 Å². The highest BCUT2D eigenvalue weighted by molar-refractivity contribution is 8.13. The molecule has 0 aliphatic carbocycles. The first-order chi connectivity index (χ1) is 9.15. The maximum atomic E-state index is 12.1. The predicted molar refractivity (Wildman–Crippen MR) is 79.5 cm³/mol. The van der Waals surface area contributed by atoms with Crippen molar-refractivity contribution in [1.29, 1.82) is 0 Å². The molecular weight excluding hydrogens is 300 g/mol. The molecule has 5 nitrogen and oxygen atoms in total. The van der Waals surface area contributed by atoms with Gasteiger partial charge in [-0.15, -0.1) is 0 Å². The molecule has 0 radical (unpaired) electrons. The summed E-state index contributed by atoms with van der Waals surface area (Å²) in [6.07, 6.45) is 3.27. The van der Waals surface area contributed by atoms with Crippen LogP contribution in [-0.2, 0) is 16.1 Å². The van der Waals surface area contributed by atoms with E-state index in [0.29, 0.717) is 5.92 Å². The highest BCUT2D eigenvalue weighted by atomic mass is 35.7. The summed E-state index contributed by atoms with van der Waals surface area (Å²) in [5.74, 6) is 0.229. The topological polar surface area (TPSA) is 68.2 Å². The number of halogens is 1. The van der Waals surface area contributed by atoms with E-state index in [-0.39, 0.29) is 22.5 Å². The molecule has 1 N–H and O–H groups in total. The van der Waals surface area contributed by atoms with Crippen LogP contribution in [0.3, 0.4) is 0 Å². The van der Waals surface area contributed by atoms with Crippen molar-refractivity contribution in [2.75, 3.05) is 0 Å². The van der Waals surface area contributed by atoms with Gasteiger partial charge in [0.25, 0.3) is 15.0 Å². The Morgan fingerprint density at radius 1 is 1.45 bits per heavy atom. The molecule has 0 fully saturated rings. The molecule has 1 amide bonds. The number of carbonyl (C=O) groups excluding carboxylic acids is 1. The number of carbonyl (C=O) groups is 1. The molecule has 0 bridgehead atoms. The van der Waals surface area contributed by atoms with Crippen molar-refractivity contribution in [2.24, 2.45) is 13.0 Å². The SMILES string of the molecule is CCC(C)CC(C)NC(=O)c1cc(S(=O)(=O)Cl)cn1C. The molecule has 2 atom stereocenters. The molecule has 0 aliphatic rings. The van der Waals surface area contributed by atoms with Crippen LogP contribution in [0, 0.1) is 5.92 Å². The molecule has 1 aromatic heterocycles. The van der Waals surface area contributed by atoms with Crippen LogP contribution in [0.5, 0.6) is 0 Å². The minimum atomic E-state index is -3.82. The number of nitrogens with one attached hydrogen (secondary N) is 1. The van der Waals surface area contributed by atoms with Crippen LogP contribution in [0.2, 0.25) is 0 Å². The van der Waals surface area contributed by atoms with E-state index in [1.54, 1.807) is 7.05 Å². The number of hydrogen-bond donors (Lipinski definition) is 1. The van der Waals surface area contributed by atoms with Crippen LogP contribution in [0.25, 0.3) is 0 Å². The van der Waals surface area contributed by atoms with E-state index in [1.165, 1.54) is 16.8 Å². The lowest BCUT2D eigenvalue weighted by molar-refractivity contribution is 0.0927. The fourth-order valence-corrected chi connectivity index (χ4v) is 2.81. The second-order valence-corrected chi connectivity index (χ2v) is 7.80. The zero-order valence-corrected chi connectivity index (χ0v) is 13.8. The normalized spacial score (nSPS) is 14.8. The van der Waals surface area contributed by atoms with Crippen molar-refractivity contribution in [1.82, 2.24) is 9.88 Å². The largest absolute Gasteiger partial charge is 0.348 e. The van der Waals surface area contributed by atoms with Gasteiger partial charge in [-0.2, -0.15) is 0 Å². The number of nitrogens with zero attached hydrogens (tertiary/aromatic N) is 1. The first-order valence-electron chi connectivity index (χ1n) is 6.57. The Kier molecular flexibility index (Phi) is 5.65. The Morgan fingerprint density at radius 2 is 2.05 bits per heavy atom. The van der Waals surface area contributed by atoms with E-state index in [2.05, 4.69) is 19.2 Å². The van der Waals surface area contributed by atoms with Gasteiger partial charge in [-0.05, 0) is 25.3 Å². The van der Waals surface area contributed by atoms with E-state index >= 15 is 0 Å². The third-order valence-corrected chi connectivity index (χ3v) is 4.65. The molecule has 0 spiro atoms. The average molecular weight is 321 g/mol. The standard InChI is InChI=1S/C13H21ClN2O3S/c1-5-9(2)6-10(3)15-13(17)12-7-11(8-16(12)4)20(14,18)19/h7-10H,5-6H2,1-4H3,(H,15,17). The zero-order valence-electron chi connectivity index (χ0n) is 12.2. The van der Waals surface area contributed by atoms with Crippen molar-refractivity contribution >= 4 is 25.6 Å². The molecule has 0 saturated carbocycles. The Hall–Kier alpha value is -1.01. The van der Waals surface area contributed by atoms with Gasteiger partial charge < -0.3 is 9.88 Å². The van der Waals surface area contributed by atoms with Gasteiger partial charge in [0.1, 0.15) is 10.6 Å². The summed E-state index contributed by atoms with van der Waals surface area (Å²) in [5.41, 5.74) is 0.278. The van der Waals surface area contributed by atoms with Crippen LogP contribution < -0.4 is 5.32 Å². The summed E-state index contributed by atoms with van der Waals surface area (Å²) in [4.78, 5) is 12.0. The van der Waals surface area contributed by atoms with Gasteiger partial charge >= 0.3 is 0 Å². The molecule has 1 heterocycles. The van der Waals surface area contributed by atoms with E-state index < -0.39 is 9.05 Å². The zero-order chi connectivity index (χ0) is 15.5. The molecule has 114 valence electrons. The van der Waals surface area contributed by atoms with Crippen LogP contribution in [0.4, 0.5) is 0 Å². The predicted octanol–water partition coefficient (Wildman–Crippen LogP) is 2.51. The number of aryl methyl sites for hydroxylation is 1. The molecule has 2 unspecified atom stereocenters. The Bertz CT molecular complexity index is 580. The minimum Gasteiger partial charge on any atom is -0.348 e. The average Bonchev–Trinajstić information content (AvgIpc) is 2.70. The van der Waals surface area contributed by atoms with E-state index in [4.69, 9.17) is 10.7 Å². The van der Waals surface area contributed by atoms with Gasteiger partial charge in [0, 0.05) is 30.0 Å². The molecule has 7 heteroatoms. The Labute approximate surface area is 124 Å². The fraction of sp³-hybridized carbons (Fsp3) is 0.615. The lowest BCUT2D eigenvalue weighted by Crippen LogP contribution is -2.34. The lowest BCUT2D eigenvalue weighted by Gasteiger charge is -2.17. The summed E-state index contributed by atoms with van der Waals surface area (Å²) < 4.78 is 24.0. The molecule has 0 aliphatic heterocycles. The fourth-order valence-electron chi connectivity index (χ4n) is 2.02. The van der Waals surface area contributed by atoms with Gasteiger partial charge in [0.05, 0.1) is 0 Å². The maximum Gasteiger partial charge on any atom is 0.268 e. The first-order valence-corrected chi connectivity index (χ1v) is 8.88. The van der Waals surface area contributed by atoms with E-state index in [1.807, 2.05) is 6.92 Å². The molecule has 20 heavy (non-hydrogen) atoms. The smallest absolute Gasteiger partial charge is 0.268 e.